The zero-order valence-corrected chi connectivity index (χ0v) is 9.75. The summed E-state index contributed by atoms with van der Waals surface area (Å²) in [6.07, 6.45) is 5.69. The molecule has 1 aromatic rings. The van der Waals surface area contributed by atoms with Gasteiger partial charge in [-0.15, -0.1) is 0 Å². The molecule has 1 saturated carbocycles. The van der Waals surface area contributed by atoms with E-state index in [9.17, 15) is 4.79 Å². The van der Waals surface area contributed by atoms with Crippen molar-refractivity contribution in [3.8, 4) is 0 Å². The van der Waals surface area contributed by atoms with E-state index in [2.05, 4.69) is 17.3 Å². The lowest BCUT2D eigenvalue weighted by Gasteiger charge is -2.18. The number of aromatic amines is 1. The van der Waals surface area contributed by atoms with E-state index in [4.69, 9.17) is 0 Å². The van der Waals surface area contributed by atoms with E-state index in [-0.39, 0.29) is 5.56 Å². The van der Waals surface area contributed by atoms with Crippen molar-refractivity contribution in [1.82, 2.24) is 15.1 Å². The van der Waals surface area contributed by atoms with Crippen LogP contribution in [0.25, 0.3) is 0 Å². The number of hydrogen-bond acceptors (Lipinski definition) is 2. The minimum Gasteiger partial charge on any atom is -0.308 e. The van der Waals surface area contributed by atoms with E-state index < -0.39 is 0 Å². The van der Waals surface area contributed by atoms with Crippen LogP contribution < -0.4 is 10.9 Å². The SMILES string of the molecule is CC1Cc2c([nH]n(C3CCCC3)c2=O)CN1. The van der Waals surface area contributed by atoms with Gasteiger partial charge in [-0.2, -0.15) is 0 Å². The fraction of sp³-hybridized carbons (Fsp3) is 0.750. The van der Waals surface area contributed by atoms with Crippen LogP contribution in [-0.2, 0) is 13.0 Å². The first kappa shape index (κ1) is 10.1. The second-order valence-electron chi connectivity index (χ2n) is 5.17. The zero-order valence-electron chi connectivity index (χ0n) is 9.75. The van der Waals surface area contributed by atoms with Gasteiger partial charge in [-0.1, -0.05) is 12.8 Å². The molecule has 2 heterocycles. The van der Waals surface area contributed by atoms with Crippen molar-refractivity contribution >= 4 is 0 Å². The second kappa shape index (κ2) is 3.77. The normalized spacial score (nSPS) is 25.9. The van der Waals surface area contributed by atoms with Gasteiger partial charge in [-0.3, -0.25) is 9.89 Å². The lowest BCUT2D eigenvalue weighted by atomic mass is 10.0. The number of nitrogens with zero attached hydrogens (tertiary/aromatic N) is 1. The maximum Gasteiger partial charge on any atom is 0.270 e. The average molecular weight is 221 g/mol. The maximum atomic E-state index is 12.3. The van der Waals surface area contributed by atoms with E-state index in [1.54, 1.807) is 0 Å². The largest absolute Gasteiger partial charge is 0.308 e. The van der Waals surface area contributed by atoms with Gasteiger partial charge in [0, 0.05) is 18.2 Å². The van der Waals surface area contributed by atoms with Crippen LogP contribution in [0.5, 0.6) is 0 Å². The van der Waals surface area contributed by atoms with Crippen LogP contribution in [0.2, 0.25) is 0 Å². The average Bonchev–Trinajstić information content (AvgIpc) is 2.87. The van der Waals surface area contributed by atoms with Gasteiger partial charge in [-0.25, -0.2) is 4.68 Å². The second-order valence-corrected chi connectivity index (χ2v) is 5.17. The predicted octanol–water partition coefficient (Wildman–Crippen LogP) is 1.33. The molecule has 1 aliphatic carbocycles. The van der Waals surface area contributed by atoms with E-state index >= 15 is 0 Å². The highest BCUT2D eigenvalue weighted by molar-refractivity contribution is 5.21. The Kier molecular flexibility index (Phi) is 2.39. The Bertz CT molecular complexity index is 440. The molecule has 4 heteroatoms. The highest BCUT2D eigenvalue weighted by Crippen LogP contribution is 2.28. The van der Waals surface area contributed by atoms with Crippen molar-refractivity contribution in [2.24, 2.45) is 0 Å². The van der Waals surface area contributed by atoms with Crippen molar-refractivity contribution in [2.45, 2.75) is 57.7 Å². The van der Waals surface area contributed by atoms with Gasteiger partial charge in [-0.05, 0) is 26.2 Å². The van der Waals surface area contributed by atoms with Crippen LogP contribution in [0.1, 0.15) is 49.9 Å². The van der Waals surface area contributed by atoms with Crippen LogP contribution in [0.3, 0.4) is 0 Å². The minimum absolute atomic E-state index is 0.232. The van der Waals surface area contributed by atoms with Crippen molar-refractivity contribution in [3.05, 3.63) is 21.6 Å². The zero-order chi connectivity index (χ0) is 11.1. The standard InChI is InChI=1S/C12H19N3O/c1-8-6-10-11(7-13-8)14-15(12(10)16)9-4-2-3-5-9/h8-9,13-14H,2-7H2,1H3. The number of H-pyrrole nitrogens is 1. The van der Waals surface area contributed by atoms with E-state index in [1.807, 2.05) is 4.68 Å². The first-order valence-electron chi connectivity index (χ1n) is 6.31. The van der Waals surface area contributed by atoms with Crippen LogP contribution in [-0.4, -0.2) is 15.8 Å². The van der Waals surface area contributed by atoms with Crippen molar-refractivity contribution < 1.29 is 0 Å². The van der Waals surface area contributed by atoms with Crippen molar-refractivity contribution in [1.29, 1.82) is 0 Å². The van der Waals surface area contributed by atoms with Crippen molar-refractivity contribution in [2.75, 3.05) is 0 Å². The summed E-state index contributed by atoms with van der Waals surface area (Å²) in [5.74, 6) is 0. The maximum absolute atomic E-state index is 12.3. The number of rotatable bonds is 1. The summed E-state index contributed by atoms with van der Waals surface area (Å²) >= 11 is 0. The summed E-state index contributed by atoms with van der Waals surface area (Å²) in [5, 5.41) is 6.69. The molecule has 16 heavy (non-hydrogen) atoms. The third-order valence-corrected chi connectivity index (χ3v) is 3.92. The fourth-order valence-electron chi connectivity index (χ4n) is 2.97. The Balaban J connectivity index is 1.98. The van der Waals surface area contributed by atoms with Gasteiger partial charge in [0.2, 0.25) is 0 Å². The van der Waals surface area contributed by atoms with Gasteiger partial charge < -0.3 is 5.32 Å². The Morgan fingerprint density at radius 1 is 1.31 bits per heavy atom. The van der Waals surface area contributed by atoms with Gasteiger partial charge >= 0.3 is 0 Å². The summed E-state index contributed by atoms with van der Waals surface area (Å²) < 4.78 is 1.89. The lowest BCUT2D eigenvalue weighted by molar-refractivity contribution is 0.448. The molecule has 1 unspecified atom stereocenters. The van der Waals surface area contributed by atoms with Crippen LogP contribution >= 0.6 is 0 Å². The van der Waals surface area contributed by atoms with Gasteiger partial charge in [0.15, 0.2) is 0 Å². The quantitative estimate of drug-likeness (QED) is 0.751. The smallest absolute Gasteiger partial charge is 0.270 e. The molecule has 2 N–H and O–H groups in total. The van der Waals surface area contributed by atoms with Gasteiger partial charge in [0.25, 0.3) is 5.56 Å². The minimum atomic E-state index is 0.232. The molecule has 0 amide bonds. The highest BCUT2D eigenvalue weighted by atomic mass is 16.1. The van der Waals surface area contributed by atoms with E-state index in [1.165, 1.54) is 12.8 Å². The van der Waals surface area contributed by atoms with Crippen LogP contribution in [0, 0.1) is 0 Å². The highest BCUT2D eigenvalue weighted by Gasteiger charge is 2.25. The molecule has 0 radical (unpaired) electrons. The molecule has 0 bridgehead atoms. The predicted molar refractivity (Wildman–Crippen MR) is 62.6 cm³/mol. The molecular weight excluding hydrogens is 202 g/mol. The number of hydrogen-bond donors (Lipinski definition) is 2. The first-order valence-corrected chi connectivity index (χ1v) is 6.31. The first-order chi connectivity index (χ1) is 7.75. The molecule has 0 spiro atoms. The Hall–Kier alpha value is -1.03. The molecule has 1 aromatic heterocycles. The molecule has 88 valence electrons. The molecular formula is C12H19N3O. The Morgan fingerprint density at radius 2 is 2.06 bits per heavy atom. The van der Waals surface area contributed by atoms with Crippen molar-refractivity contribution in [3.63, 3.8) is 0 Å². The van der Waals surface area contributed by atoms with Crippen LogP contribution in [0.4, 0.5) is 0 Å². The molecule has 4 nitrogen and oxygen atoms in total. The summed E-state index contributed by atoms with van der Waals surface area (Å²) in [6.45, 7) is 2.95. The number of aromatic nitrogens is 2. The Labute approximate surface area is 95.0 Å². The lowest BCUT2D eigenvalue weighted by Crippen LogP contribution is -2.34. The van der Waals surface area contributed by atoms with Gasteiger partial charge in [0.05, 0.1) is 11.7 Å². The summed E-state index contributed by atoms with van der Waals surface area (Å²) in [6, 6.07) is 0.849. The molecule has 1 fully saturated rings. The molecule has 0 saturated heterocycles. The van der Waals surface area contributed by atoms with Gasteiger partial charge in [0.1, 0.15) is 0 Å². The molecule has 3 rings (SSSR count). The number of fused-ring (bicyclic) bond motifs is 1. The fourth-order valence-corrected chi connectivity index (χ4v) is 2.97. The summed E-state index contributed by atoms with van der Waals surface area (Å²) in [4.78, 5) is 12.3. The summed E-state index contributed by atoms with van der Waals surface area (Å²) in [5.41, 5.74) is 2.35. The summed E-state index contributed by atoms with van der Waals surface area (Å²) in [7, 11) is 0. The molecule has 1 aliphatic heterocycles. The molecule has 0 aromatic carbocycles. The Morgan fingerprint density at radius 3 is 2.81 bits per heavy atom. The number of nitrogens with one attached hydrogen (secondary N) is 2. The van der Waals surface area contributed by atoms with E-state index in [0.717, 1.165) is 37.1 Å². The van der Waals surface area contributed by atoms with E-state index in [0.29, 0.717) is 12.1 Å². The third kappa shape index (κ3) is 1.52. The topological polar surface area (TPSA) is 49.8 Å². The van der Waals surface area contributed by atoms with Crippen LogP contribution in [0.15, 0.2) is 4.79 Å². The molecule has 2 aliphatic rings. The monoisotopic (exact) mass is 221 g/mol. The third-order valence-electron chi connectivity index (χ3n) is 3.92. The molecule has 1 atom stereocenters.